The predicted molar refractivity (Wildman–Crippen MR) is 68.2 cm³/mol. The number of hydrogen-bond donors (Lipinski definition) is 0. The van der Waals surface area contributed by atoms with E-state index < -0.39 is 0 Å². The van der Waals surface area contributed by atoms with Gasteiger partial charge in [-0.1, -0.05) is 0 Å². The molecule has 14 heavy (non-hydrogen) atoms. The summed E-state index contributed by atoms with van der Waals surface area (Å²) in [6, 6.07) is 8.34. The van der Waals surface area contributed by atoms with Crippen LogP contribution in [0.4, 0.5) is 11.5 Å². The maximum atomic E-state index is 4.13. The standard InChI is InChI=1S/C10H8IN2S/c1-13(10-6-14-7-12-10)9-4-2-8(11)3-5-9/h2-6H,1H3. The first-order valence-corrected chi connectivity index (χ1v) is 6.04. The van der Waals surface area contributed by atoms with Crippen LogP contribution in [0.5, 0.6) is 0 Å². The van der Waals surface area contributed by atoms with Crippen molar-refractivity contribution in [2.45, 2.75) is 0 Å². The molecule has 4 heteroatoms. The second-order valence-corrected chi connectivity index (χ2v) is 4.73. The quantitative estimate of drug-likeness (QED) is 0.791. The molecule has 0 amide bonds. The van der Waals surface area contributed by atoms with E-state index in [4.69, 9.17) is 0 Å². The molecule has 0 aliphatic heterocycles. The first kappa shape index (κ1) is 9.92. The fourth-order valence-corrected chi connectivity index (χ4v) is 2.00. The molecule has 0 unspecified atom stereocenters. The van der Waals surface area contributed by atoms with Crippen molar-refractivity contribution in [3.8, 4) is 0 Å². The Morgan fingerprint density at radius 3 is 2.64 bits per heavy atom. The van der Waals surface area contributed by atoms with Gasteiger partial charge in [0.15, 0.2) is 5.51 Å². The SMILES string of the molecule is CN(c1ccc(I)cc1)c1cs[c]n1. The van der Waals surface area contributed by atoms with Gasteiger partial charge < -0.3 is 4.90 Å². The fourth-order valence-electron chi connectivity index (χ4n) is 1.13. The lowest BCUT2D eigenvalue weighted by molar-refractivity contribution is 1.15. The monoisotopic (exact) mass is 315 g/mol. The van der Waals surface area contributed by atoms with E-state index in [-0.39, 0.29) is 0 Å². The number of rotatable bonds is 2. The van der Waals surface area contributed by atoms with E-state index in [1.807, 2.05) is 17.3 Å². The molecule has 0 bridgehead atoms. The predicted octanol–water partition coefficient (Wildman–Crippen LogP) is 3.32. The maximum absolute atomic E-state index is 4.13. The Morgan fingerprint density at radius 1 is 1.36 bits per heavy atom. The molecule has 1 heterocycles. The molecular formula is C10H8IN2S. The molecule has 0 atom stereocenters. The zero-order chi connectivity index (χ0) is 9.97. The number of thiazole rings is 1. The van der Waals surface area contributed by atoms with E-state index in [0.29, 0.717) is 0 Å². The normalized spacial score (nSPS) is 10.1. The van der Waals surface area contributed by atoms with E-state index in [1.165, 1.54) is 14.9 Å². The van der Waals surface area contributed by atoms with Crippen molar-refractivity contribution in [2.24, 2.45) is 0 Å². The van der Waals surface area contributed by atoms with Gasteiger partial charge in [0.05, 0.1) is 0 Å². The number of halogens is 1. The molecular weight excluding hydrogens is 307 g/mol. The van der Waals surface area contributed by atoms with Crippen LogP contribution in [0.3, 0.4) is 0 Å². The summed E-state index contributed by atoms with van der Waals surface area (Å²) in [5.74, 6) is 0.941. The summed E-state index contributed by atoms with van der Waals surface area (Å²) >= 11 is 3.78. The highest BCUT2D eigenvalue weighted by Gasteiger charge is 2.04. The third-order valence-electron chi connectivity index (χ3n) is 1.93. The fraction of sp³-hybridized carbons (Fsp3) is 0.100. The molecule has 0 fully saturated rings. The lowest BCUT2D eigenvalue weighted by atomic mass is 10.3. The number of aromatic nitrogens is 1. The average molecular weight is 315 g/mol. The molecule has 2 aromatic rings. The highest BCUT2D eigenvalue weighted by Crippen LogP contribution is 2.23. The van der Waals surface area contributed by atoms with Crippen LogP contribution in [-0.2, 0) is 0 Å². The lowest BCUT2D eigenvalue weighted by Crippen LogP contribution is -2.09. The minimum Gasteiger partial charge on any atom is -0.329 e. The average Bonchev–Trinajstić information content (AvgIpc) is 2.71. The van der Waals surface area contributed by atoms with Gasteiger partial charge in [-0.15, -0.1) is 11.3 Å². The number of hydrogen-bond acceptors (Lipinski definition) is 3. The van der Waals surface area contributed by atoms with Crippen molar-refractivity contribution in [1.29, 1.82) is 0 Å². The minimum absolute atomic E-state index is 0.941. The van der Waals surface area contributed by atoms with Crippen LogP contribution in [0.15, 0.2) is 29.6 Å². The van der Waals surface area contributed by atoms with Gasteiger partial charge >= 0.3 is 0 Å². The summed E-state index contributed by atoms with van der Waals surface area (Å²) in [6.07, 6.45) is 0. The number of benzene rings is 1. The molecule has 1 aromatic carbocycles. The van der Waals surface area contributed by atoms with Gasteiger partial charge in [0.1, 0.15) is 5.82 Å². The second kappa shape index (κ2) is 4.27. The molecule has 0 spiro atoms. The first-order chi connectivity index (χ1) is 6.77. The third-order valence-corrected chi connectivity index (χ3v) is 3.18. The zero-order valence-electron chi connectivity index (χ0n) is 7.57. The summed E-state index contributed by atoms with van der Waals surface area (Å²) in [5.41, 5.74) is 3.98. The Kier molecular flexibility index (Phi) is 3.02. The topological polar surface area (TPSA) is 16.1 Å². The Morgan fingerprint density at radius 2 is 2.07 bits per heavy atom. The van der Waals surface area contributed by atoms with Gasteiger partial charge in [-0.2, -0.15) is 0 Å². The summed E-state index contributed by atoms with van der Waals surface area (Å²) < 4.78 is 1.24. The van der Waals surface area contributed by atoms with Crippen molar-refractivity contribution < 1.29 is 0 Å². The van der Waals surface area contributed by atoms with Crippen LogP contribution < -0.4 is 4.90 Å². The maximum Gasteiger partial charge on any atom is 0.154 e. The molecule has 71 valence electrons. The van der Waals surface area contributed by atoms with Crippen molar-refractivity contribution in [3.05, 3.63) is 38.7 Å². The highest BCUT2D eigenvalue weighted by molar-refractivity contribution is 14.1. The second-order valence-electron chi connectivity index (χ2n) is 2.83. The molecule has 2 rings (SSSR count). The Hall–Kier alpha value is -0.620. The van der Waals surface area contributed by atoms with Gasteiger partial charge in [0.25, 0.3) is 0 Å². The Labute approximate surface area is 101 Å². The van der Waals surface area contributed by atoms with Crippen molar-refractivity contribution in [3.63, 3.8) is 0 Å². The van der Waals surface area contributed by atoms with E-state index in [0.717, 1.165) is 11.5 Å². The van der Waals surface area contributed by atoms with Gasteiger partial charge in [-0.05, 0) is 46.9 Å². The van der Waals surface area contributed by atoms with Crippen LogP contribution >= 0.6 is 33.9 Å². The number of anilines is 2. The van der Waals surface area contributed by atoms with Crippen LogP contribution in [-0.4, -0.2) is 12.0 Å². The third kappa shape index (κ3) is 2.06. The van der Waals surface area contributed by atoms with Crippen LogP contribution in [0.25, 0.3) is 0 Å². The Balaban J connectivity index is 2.28. The van der Waals surface area contributed by atoms with E-state index in [1.54, 1.807) is 0 Å². The smallest absolute Gasteiger partial charge is 0.154 e. The highest BCUT2D eigenvalue weighted by atomic mass is 127. The van der Waals surface area contributed by atoms with Gasteiger partial charge in [0, 0.05) is 21.7 Å². The summed E-state index contributed by atoms with van der Waals surface area (Å²) in [5, 5.41) is 1.98. The molecule has 1 aromatic heterocycles. The summed E-state index contributed by atoms with van der Waals surface area (Å²) in [4.78, 5) is 6.18. The van der Waals surface area contributed by atoms with Gasteiger partial charge in [0.2, 0.25) is 0 Å². The van der Waals surface area contributed by atoms with Crippen LogP contribution in [0.2, 0.25) is 0 Å². The molecule has 0 saturated heterocycles. The van der Waals surface area contributed by atoms with Gasteiger partial charge in [-0.25, -0.2) is 4.98 Å². The van der Waals surface area contributed by atoms with Crippen LogP contribution in [0, 0.1) is 9.08 Å². The van der Waals surface area contributed by atoms with Crippen molar-refractivity contribution in [2.75, 3.05) is 11.9 Å². The minimum atomic E-state index is 0.941. The van der Waals surface area contributed by atoms with Crippen molar-refractivity contribution in [1.82, 2.24) is 4.98 Å². The molecule has 0 aliphatic carbocycles. The van der Waals surface area contributed by atoms with Crippen LogP contribution in [0.1, 0.15) is 0 Å². The molecule has 2 nitrogen and oxygen atoms in total. The molecule has 0 aliphatic rings. The largest absolute Gasteiger partial charge is 0.329 e. The Bertz CT molecular complexity index is 397. The van der Waals surface area contributed by atoms with Gasteiger partial charge in [-0.3, -0.25) is 0 Å². The summed E-state index contributed by atoms with van der Waals surface area (Å²) in [7, 11) is 2.01. The van der Waals surface area contributed by atoms with E-state index in [2.05, 4.69) is 57.4 Å². The summed E-state index contributed by atoms with van der Waals surface area (Å²) in [6.45, 7) is 0. The van der Waals surface area contributed by atoms with E-state index >= 15 is 0 Å². The van der Waals surface area contributed by atoms with Crippen molar-refractivity contribution >= 4 is 45.4 Å². The zero-order valence-corrected chi connectivity index (χ0v) is 10.5. The van der Waals surface area contributed by atoms with E-state index in [9.17, 15) is 0 Å². The first-order valence-electron chi connectivity index (χ1n) is 4.08. The molecule has 0 N–H and O–H groups in total. The molecule has 0 saturated carbocycles. The molecule has 1 radical (unpaired) electrons. The number of nitrogens with zero attached hydrogens (tertiary/aromatic N) is 2. The lowest BCUT2D eigenvalue weighted by Gasteiger charge is -2.15.